The monoisotopic (exact) mass is 302 g/mol. The lowest BCUT2D eigenvalue weighted by atomic mass is 10.0. The first kappa shape index (κ1) is 16.0. The fourth-order valence-electron chi connectivity index (χ4n) is 2.36. The van der Waals surface area contributed by atoms with Gasteiger partial charge in [0.2, 0.25) is 0 Å². The Morgan fingerprint density at radius 1 is 1.14 bits per heavy atom. The average Bonchev–Trinajstić information content (AvgIpc) is 2.53. The van der Waals surface area contributed by atoms with Gasteiger partial charge in [0.1, 0.15) is 0 Å². The summed E-state index contributed by atoms with van der Waals surface area (Å²) in [5, 5.41) is 4.40. The predicted molar refractivity (Wildman–Crippen MR) is 89.8 cm³/mol. The average molecular weight is 303 g/mol. The van der Waals surface area contributed by atoms with Crippen LogP contribution in [0.1, 0.15) is 43.1 Å². The highest BCUT2D eigenvalue weighted by atomic mass is 35.5. The van der Waals surface area contributed by atoms with Gasteiger partial charge in [0.05, 0.1) is 0 Å². The lowest BCUT2D eigenvalue weighted by Gasteiger charge is -2.20. The second kappa shape index (κ2) is 8.16. The quantitative estimate of drug-likeness (QED) is 0.809. The molecule has 1 N–H and O–H groups in total. The van der Waals surface area contributed by atoms with E-state index in [9.17, 15) is 0 Å². The van der Waals surface area contributed by atoms with Crippen molar-refractivity contribution in [1.82, 2.24) is 10.3 Å². The molecule has 1 aromatic heterocycles. The number of benzene rings is 1. The van der Waals surface area contributed by atoms with Crippen LogP contribution in [0.4, 0.5) is 0 Å². The van der Waals surface area contributed by atoms with Crippen molar-refractivity contribution in [2.24, 2.45) is 0 Å². The normalized spacial score (nSPS) is 12.3. The van der Waals surface area contributed by atoms with Crippen molar-refractivity contribution >= 4 is 11.6 Å². The zero-order chi connectivity index (χ0) is 15.1. The summed E-state index contributed by atoms with van der Waals surface area (Å²) >= 11 is 6.35. The van der Waals surface area contributed by atoms with Crippen LogP contribution in [-0.2, 0) is 12.8 Å². The van der Waals surface area contributed by atoms with E-state index in [1.54, 1.807) is 0 Å². The molecule has 2 nitrogen and oxygen atoms in total. The molecule has 1 aromatic carbocycles. The summed E-state index contributed by atoms with van der Waals surface area (Å²) in [4.78, 5) is 4.57. The number of rotatable bonds is 7. The molecule has 0 aliphatic rings. The van der Waals surface area contributed by atoms with Crippen LogP contribution in [0.3, 0.4) is 0 Å². The second-order valence-electron chi connectivity index (χ2n) is 5.24. The molecule has 0 bridgehead atoms. The molecule has 0 amide bonds. The summed E-state index contributed by atoms with van der Waals surface area (Å²) in [6.45, 7) is 5.29. The maximum atomic E-state index is 6.35. The van der Waals surface area contributed by atoms with Crippen molar-refractivity contribution in [2.75, 3.05) is 6.54 Å². The molecule has 21 heavy (non-hydrogen) atoms. The first-order chi connectivity index (χ1) is 10.2. The van der Waals surface area contributed by atoms with Gasteiger partial charge >= 0.3 is 0 Å². The topological polar surface area (TPSA) is 24.9 Å². The highest BCUT2D eigenvalue weighted by Crippen LogP contribution is 2.25. The first-order valence-corrected chi connectivity index (χ1v) is 8.04. The Bertz CT molecular complexity index is 551. The van der Waals surface area contributed by atoms with E-state index in [2.05, 4.69) is 42.3 Å². The van der Waals surface area contributed by atoms with Crippen molar-refractivity contribution in [2.45, 2.75) is 39.2 Å². The standard InChI is InChI=1S/C18H23ClN2/c1-3-11-20-18(16-7-5-6-8-17(16)19)12-15-10-9-14(4-2)13-21-15/h5-10,13,18,20H,3-4,11-12H2,1-2H3. The minimum Gasteiger partial charge on any atom is -0.310 e. The number of aryl methyl sites for hydroxylation is 1. The molecule has 1 atom stereocenters. The Kier molecular flexibility index (Phi) is 6.21. The lowest BCUT2D eigenvalue weighted by Crippen LogP contribution is -2.24. The fraction of sp³-hybridized carbons (Fsp3) is 0.389. The van der Waals surface area contributed by atoms with Crippen LogP contribution in [0.2, 0.25) is 5.02 Å². The van der Waals surface area contributed by atoms with Crippen LogP contribution in [0, 0.1) is 0 Å². The molecular weight excluding hydrogens is 280 g/mol. The molecule has 3 heteroatoms. The van der Waals surface area contributed by atoms with E-state index < -0.39 is 0 Å². The van der Waals surface area contributed by atoms with Crippen molar-refractivity contribution in [3.8, 4) is 0 Å². The molecular formula is C18H23ClN2. The van der Waals surface area contributed by atoms with Gasteiger partial charge in [-0.1, -0.05) is 49.7 Å². The maximum Gasteiger partial charge on any atom is 0.0453 e. The Hall–Kier alpha value is -1.38. The number of pyridine rings is 1. The Morgan fingerprint density at radius 2 is 1.95 bits per heavy atom. The number of aromatic nitrogens is 1. The minimum absolute atomic E-state index is 0.207. The Balaban J connectivity index is 2.17. The van der Waals surface area contributed by atoms with Gasteiger partial charge in [0.15, 0.2) is 0 Å². The van der Waals surface area contributed by atoms with Crippen LogP contribution >= 0.6 is 11.6 Å². The predicted octanol–water partition coefficient (Wildman–Crippen LogP) is 4.58. The van der Waals surface area contributed by atoms with E-state index in [-0.39, 0.29) is 6.04 Å². The highest BCUT2D eigenvalue weighted by molar-refractivity contribution is 6.31. The second-order valence-corrected chi connectivity index (χ2v) is 5.65. The van der Waals surface area contributed by atoms with Gasteiger partial charge in [-0.25, -0.2) is 0 Å². The third-order valence-electron chi connectivity index (χ3n) is 3.63. The number of hydrogen-bond acceptors (Lipinski definition) is 2. The molecule has 0 aliphatic carbocycles. The van der Waals surface area contributed by atoms with Crippen LogP contribution in [0.15, 0.2) is 42.6 Å². The number of nitrogens with zero attached hydrogens (tertiary/aromatic N) is 1. The smallest absolute Gasteiger partial charge is 0.0453 e. The van der Waals surface area contributed by atoms with Crippen LogP contribution in [0.25, 0.3) is 0 Å². The number of halogens is 1. The van der Waals surface area contributed by atoms with Gasteiger partial charge in [-0.05, 0) is 42.6 Å². The number of nitrogens with one attached hydrogen (secondary N) is 1. The number of hydrogen-bond donors (Lipinski definition) is 1. The Morgan fingerprint density at radius 3 is 2.57 bits per heavy atom. The molecule has 0 saturated heterocycles. The third-order valence-corrected chi connectivity index (χ3v) is 3.97. The van der Waals surface area contributed by atoms with E-state index in [4.69, 9.17) is 11.6 Å². The van der Waals surface area contributed by atoms with Crippen LogP contribution < -0.4 is 5.32 Å². The zero-order valence-electron chi connectivity index (χ0n) is 12.8. The largest absolute Gasteiger partial charge is 0.310 e. The Labute approximate surface area is 132 Å². The molecule has 2 aromatic rings. The van der Waals surface area contributed by atoms with E-state index >= 15 is 0 Å². The van der Waals surface area contributed by atoms with Crippen molar-refractivity contribution < 1.29 is 0 Å². The molecule has 0 saturated carbocycles. The summed E-state index contributed by atoms with van der Waals surface area (Å²) in [5.41, 5.74) is 3.52. The lowest BCUT2D eigenvalue weighted by molar-refractivity contribution is 0.524. The molecule has 112 valence electrons. The summed E-state index contributed by atoms with van der Waals surface area (Å²) in [6, 6.07) is 12.5. The van der Waals surface area contributed by atoms with Crippen LogP contribution in [-0.4, -0.2) is 11.5 Å². The molecule has 0 spiro atoms. The summed E-state index contributed by atoms with van der Waals surface area (Å²) in [5.74, 6) is 0. The van der Waals surface area contributed by atoms with E-state index in [1.165, 1.54) is 5.56 Å². The minimum atomic E-state index is 0.207. The molecule has 2 rings (SSSR count). The first-order valence-electron chi connectivity index (χ1n) is 7.66. The highest BCUT2D eigenvalue weighted by Gasteiger charge is 2.15. The summed E-state index contributed by atoms with van der Waals surface area (Å²) < 4.78 is 0. The molecule has 1 heterocycles. The molecule has 0 radical (unpaired) electrons. The van der Waals surface area contributed by atoms with Crippen LogP contribution in [0.5, 0.6) is 0 Å². The van der Waals surface area contributed by atoms with Crippen molar-refractivity contribution in [3.63, 3.8) is 0 Å². The van der Waals surface area contributed by atoms with Gasteiger partial charge in [0.25, 0.3) is 0 Å². The molecule has 0 fully saturated rings. The fourth-order valence-corrected chi connectivity index (χ4v) is 2.63. The molecule has 1 unspecified atom stereocenters. The maximum absolute atomic E-state index is 6.35. The van der Waals surface area contributed by atoms with E-state index in [1.807, 2.05) is 24.4 Å². The van der Waals surface area contributed by atoms with E-state index in [0.29, 0.717) is 0 Å². The van der Waals surface area contributed by atoms with Gasteiger partial charge in [-0.2, -0.15) is 0 Å². The zero-order valence-corrected chi connectivity index (χ0v) is 13.5. The van der Waals surface area contributed by atoms with E-state index in [0.717, 1.165) is 42.1 Å². The third kappa shape index (κ3) is 4.55. The summed E-state index contributed by atoms with van der Waals surface area (Å²) in [6.07, 6.45) is 4.95. The van der Waals surface area contributed by atoms with Gasteiger partial charge in [-0.3, -0.25) is 4.98 Å². The van der Waals surface area contributed by atoms with Gasteiger partial charge < -0.3 is 5.32 Å². The SMILES string of the molecule is CCCNC(Cc1ccc(CC)cn1)c1ccccc1Cl. The van der Waals surface area contributed by atoms with Gasteiger partial charge in [-0.15, -0.1) is 0 Å². The van der Waals surface area contributed by atoms with Crippen molar-refractivity contribution in [1.29, 1.82) is 0 Å². The summed E-state index contributed by atoms with van der Waals surface area (Å²) in [7, 11) is 0. The van der Waals surface area contributed by atoms with Crippen molar-refractivity contribution in [3.05, 3.63) is 64.4 Å². The van der Waals surface area contributed by atoms with Gasteiger partial charge in [0, 0.05) is 29.4 Å². The molecule has 0 aliphatic heterocycles.